The highest BCUT2D eigenvalue weighted by Crippen LogP contribution is 2.01. The highest BCUT2D eigenvalue weighted by Gasteiger charge is 2.08. The van der Waals surface area contributed by atoms with Gasteiger partial charge in [0.05, 0.1) is 5.84 Å². The summed E-state index contributed by atoms with van der Waals surface area (Å²) in [4.78, 5) is 17.4. The van der Waals surface area contributed by atoms with Crippen LogP contribution in [-0.2, 0) is 0 Å². The number of aromatic nitrogens is 3. The van der Waals surface area contributed by atoms with Gasteiger partial charge in [-0.25, -0.2) is 4.79 Å². The molecule has 0 unspecified atom stereocenters. The summed E-state index contributed by atoms with van der Waals surface area (Å²) in [5.41, 5.74) is 5.22. The number of carboxylic acid groups (broad SMARTS) is 1. The monoisotopic (exact) mass is 169 g/mol. The Morgan fingerprint density at radius 1 is 1.75 bits per heavy atom. The van der Waals surface area contributed by atoms with Crippen molar-refractivity contribution in [1.82, 2.24) is 15.2 Å². The van der Waals surface area contributed by atoms with Crippen molar-refractivity contribution >= 4 is 17.8 Å². The van der Waals surface area contributed by atoms with E-state index in [0.717, 1.165) is 0 Å². The second-order valence-electron chi connectivity index (χ2n) is 2.04. The van der Waals surface area contributed by atoms with E-state index in [2.05, 4.69) is 20.2 Å². The summed E-state index contributed by atoms with van der Waals surface area (Å²) in [6, 6.07) is 0. The Labute approximate surface area is 67.3 Å². The Kier molecular flexibility index (Phi) is 2.04. The van der Waals surface area contributed by atoms with E-state index >= 15 is 0 Å². The number of carbonyl (C=O) groups is 1. The van der Waals surface area contributed by atoms with Crippen LogP contribution >= 0.6 is 0 Å². The van der Waals surface area contributed by atoms with Gasteiger partial charge in [0.15, 0.2) is 0 Å². The molecular weight excluding hydrogens is 162 g/mol. The summed E-state index contributed by atoms with van der Waals surface area (Å²) in [5.74, 6) is -1.15. The maximum absolute atomic E-state index is 10.3. The predicted octanol–water partition coefficient (Wildman–Crippen LogP) is -0.489. The quantitative estimate of drug-likeness (QED) is 0.408. The lowest BCUT2D eigenvalue weighted by Gasteiger charge is -1.83. The van der Waals surface area contributed by atoms with Crippen molar-refractivity contribution in [3.63, 3.8) is 0 Å². The molecule has 0 atom stereocenters. The summed E-state index contributed by atoms with van der Waals surface area (Å²) < 4.78 is 0. The highest BCUT2D eigenvalue weighted by atomic mass is 16.4. The zero-order valence-electron chi connectivity index (χ0n) is 6.27. The fourth-order valence-corrected chi connectivity index (χ4v) is 0.556. The predicted molar refractivity (Wildman–Crippen MR) is 40.3 cm³/mol. The van der Waals surface area contributed by atoms with Crippen LogP contribution < -0.4 is 5.73 Å². The van der Waals surface area contributed by atoms with Gasteiger partial charge in [0.2, 0.25) is 5.82 Å². The summed E-state index contributed by atoms with van der Waals surface area (Å²) in [6.07, 6.45) is 0. The zero-order chi connectivity index (χ0) is 9.14. The Morgan fingerprint density at radius 2 is 2.42 bits per heavy atom. The van der Waals surface area contributed by atoms with Gasteiger partial charge >= 0.3 is 5.97 Å². The number of hydrogen-bond donors (Lipinski definition) is 3. The first kappa shape index (κ1) is 8.18. The Morgan fingerprint density at radius 3 is 2.83 bits per heavy atom. The number of amidine groups is 1. The number of aromatic carboxylic acids is 1. The maximum Gasteiger partial charge on any atom is 0.373 e. The fourth-order valence-electron chi connectivity index (χ4n) is 0.556. The first-order valence-corrected chi connectivity index (χ1v) is 3.06. The number of aliphatic imine (C=N–C) groups is 1. The van der Waals surface area contributed by atoms with Gasteiger partial charge in [0.1, 0.15) is 0 Å². The molecule has 0 saturated carbocycles. The number of carboxylic acids is 1. The van der Waals surface area contributed by atoms with Gasteiger partial charge < -0.3 is 10.8 Å². The summed E-state index contributed by atoms with van der Waals surface area (Å²) in [5, 5.41) is 14.1. The summed E-state index contributed by atoms with van der Waals surface area (Å²) in [6.45, 7) is 1.55. The van der Waals surface area contributed by atoms with E-state index < -0.39 is 5.97 Å². The number of nitrogens with two attached hydrogens (primary N) is 1. The molecule has 0 aromatic carbocycles. The van der Waals surface area contributed by atoms with Crippen LogP contribution in [0.1, 0.15) is 17.5 Å². The molecule has 1 heterocycles. The summed E-state index contributed by atoms with van der Waals surface area (Å²) >= 11 is 0. The molecule has 0 aliphatic heterocycles. The highest BCUT2D eigenvalue weighted by molar-refractivity contribution is 5.84. The molecule has 0 saturated heterocycles. The first-order chi connectivity index (χ1) is 5.59. The number of nitrogens with one attached hydrogen (secondary N) is 1. The minimum absolute atomic E-state index is 0.0207. The van der Waals surface area contributed by atoms with E-state index in [0.29, 0.717) is 0 Å². The van der Waals surface area contributed by atoms with Crippen LogP contribution in [0.2, 0.25) is 0 Å². The van der Waals surface area contributed by atoms with Crippen LogP contribution in [0.3, 0.4) is 0 Å². The lowest BCUT2D eigenvalue weighted by atomic mass is 10.6. The van der Waals surface area contributed by atoms with Crippen LogP contribution in [-0.4, -0.2) is 32.1 Å². The fraction of sp³-hybridized carbons (Fsp3) is 0.200. The molecule has 0 spiro atoms. The number of nitrogens with zero attached hydrogens (tertiary/aromatic N) is 3. The molecular formula is C5H7N5O2. The molecule has 0 aliphatic carbocycles. The van der Waals surface area contributed by atoms with E-state index in [-0.39, 0.29) is 17.6 Å². The van der Waals surface area contributed by atoms with Crippen LogP contribution in [0.25, 0.3) is 0 Å². The van der Waals surface area contributed by atoms with Crippen LogP contribution in [0.5, 0.6) is 0 Å². The van der Waals surface area contributed by atoms with Gasteiger partial charge in [0, 0.05) is 0 Å². The van der Waals surface area contributed by atoms with Crippen molar-refractivity contribution in [2.75, 3.05) is 0 Å². The van der Waals surface area contributed by atoms with Gasteiger partial charge in [-0.3, -0.25) is 5.10 Å². The van der Waals surface area contributed by atoms with Crippen molar-refractivity contribution in [3.8, 4) is 0 Å². The van der Waals surface area contributed by atoms with Crippen molar-refractivity contribution < 1.29 is 9.90 Å². The van der Waals surface area contributed by atoms with Gasteiger partial charge in [0.25, 0.3) is 5.95 Å². The molecule has 0 radical (unpaired) electrons. The molecule has 7 nitrogen and oxygen atoms in total. The van der Waals surface area contributed by atoms with E-state index in [1.807, 2.05) is 0 Å². The second kappa shape index (κ2) is 2.99. The molecule has 12 heavy (non-hydrogen) atoms. The molecule has 0 aliphatic rings. The van der Waals surface area contributed by atoms with Gasteiger partial charge in [-0.05, 0) is 6.92 Å². The normalized spacial score (nSPS) is 11.6. The number of hydrogen-bond acceptors (Lipinski definition) is 4. The van der Waals surface area contributed by atoms with Crippen molar-refractivity contribution in [3.05, 3.63) is 5.82 Å². The minimum atomic E-state index is -1.18. The molecule has 7 heteroatoms. The van der Waals surface area contributed by atoms with Crippen LogP contribution in [0, 0.1) is 0 Å². The molecule has 4 N–H and O–H groups in total. The van der Waals surface area contributed by atoms with Gasteiger partial charge in [-0.1, -0.05) is 0 Å². The Hall–Kier alpha value is -1.92. The van der Waals surface area contributed by atoms with Crippen molar-refractivity contribution in [2.45, 2.75) is 6.92 Å². The second-order valence-corrected chi connectivity index (χ2v) is 2.04. The molecule has 1 rings (SSSR count). The van der Waals surface area contributed by atoms with Crippen LogP contribution in [0.15, 0.2) is 4.99 Å². The average molecular weight is 169 g/mol. The standard InChI is InChI=1S/C5H7N5O2/c1-2(6)7-5-8-3(4(11)12)9-10-5/h1H3,(H,11,12)(H3,6,7,8,9,10). The van der Waals surface area contributed by atoms with Gasteiger partial charge in [-0.2, -0.15) is 9.98 Å². The van der Waals surface area contributed by atoms with E-state index in [4.69, 9.17) is 10.8 Å². The Bertz CT molecular complexity index is 324. The first-order valence-electron chi connectivity index (χ1n) is 3.06. The Balaban J connectivity index is 2.92. The van der Waals surface area contributed by atoms with Crippen molar-refractivity contribution in [1.29, 1.82) is 0 Å². The van der Waals surface area contributed by atoms with E-state index in [9.17, 15) is 4.79 Å². The molecule has 0 bridgehead atoms. The average Bonchev–Trinajstić information content (AvgIpc) is 2.34. The smallest absolute Gasteiger partial charge is 0.373 e. The largest absolute Gasteiger partial charge is 0.475 e. The molecule has 1 aromatic rings. The zero-order valence-corrected chi connectivity index (χ0v) is 6.27. The van der Waals surface area contributed by atoms with E-state index in [1.165, 1.54) is 0 Å². The third-order valence-electron chi connectivity index (χ3n) is 0.953. The number of aromatic amines is 1. The molecule has 1 aromatic heterocycles. The molecule has 64 valence electrons. The minimum Gasteiger partial charge on any atom is -0.475 e. The van der Waals surface area contributed by atoms with Crippen molar-refractivity contribution in [2.24, 2.45) is 10.7 Å². The van der Waals surface area contributed by atoms with E-state index in [1.54, 1.807) is 6.92 Å². The third-order valence-corrected chi connectivity index (χ3v) is 0.953. The SMILES string of the molecule is CC(N)=Nc1n[nH]c(C(=O)O)n1. The number of H-pyrrole nitrogens is 1. The lowest BCUT2D eigenvalue weighted by Crippen LogP contribution is -2.04. The lowest BCUT2D eigenvalue weighted by molar-refractivity contribution is 0.0684. The van der Waals surface area contributed by atoms with Gasteiger partial charge in [-0.15, -0.1) is 5.10 Å². The third kappa shape index (κ3) is 1.78. The topological polar surface area (TPSA) is 117 Å². The number of rotatable bonds is 2. The summed E-state index contributed by atoms with van der Waals surface area (Å²) in [7, 11) is 0. The maximum atomic E-state index is 10.3. The molecule has 0 amide bonds. The molecule has 0 fully saturated rings. The van der Waals surface area contributed by atoms with Crippen LogP contribution in [0.4, 0.5) is 5.95 Å².